The van der Waals surface area contributed by atoms with E-state index in [9.17, 15) is 4.79 Å². The van der Waals surface area contributed by atoms with Crippen LogP contribution in [0, 0.1) is 0 Å². The Morgan fingerprint density at radius 1 is 1.54 bits per heavy atom. The molecule has 0 saturated carbocycles. The number of alkyl halides is 1. The Labute approximate surface area is 84.2 Å². The standard InChI is InChI=1S/C9H8BrNO2/c10-5-13-7-2-1-6-3-9(12)11-8(6)4-7/h1-2,4H,3,5H2,(H,11,12). The van der Waals surface area contributed by atoms with Gasteiger partial charge in [0.2, 0.25) is 5.91 Å². The third kappa shape index (κ3) is 1.67. The van der Waals surface area contributed by atoms with Gasteiger partial charge in [0, 0.05) is 11.8 Å². The first-order valence-corrected chi connectivity index (χ1v) is 5.03. The Hall–Kier alpha value is -1.03. The Kier molecular flexibility index (Phi) is 2.22. The maximum atomic E-state index is 11.0. The molecule has 3 nitrogen and oxygen atoms in total. The average Bonchev–Trinajstić information content (AvgIpc) is 2.44. The Morgan fingerprint density at radius 3 is 3.15 bits per heavy atom. The largest absolute Gasteiger partial charge is 0.482 e. The molecule has 1 aliphatic rings. The van der Waals surface area contributed by atoms with Crippen LogP contribution in [0.2, 0.25) is 0 Å². The van der Waals surface area contributed by atoms with Crippen molar-refractivity contribution in [2.24, 2.45) is 0 Å². The lowest BCUT2D eigenvalue weighted by Gasteiger charge is -2.03. The fourth-order valence-electron chi connectivity index (χ4n) is 1.35. The summed E-state index contributed by atoms with van der Waals surface area (Å²) in [6.07, 6.45) is 0.476. The normalized spacial score (nSPS) is 13.8. The number of hydrogen-bond acceptors (Lipinski definition) is 2. The van der Waals surface area contributed by atoms with E-state index in [2.05, 4.69) is 21.2 Å². The highest BCUT2D eigenvalue weighted by molar-refractivity contribution is 9.09. The molecule has 0 bridgehead atoms. The maximum absolute atomic E-state index is 11.0. The van der Waals surface area contributed by atoms with E-state index < -0.39 is 0 Å². The second-order valence-electron chi connectivity index (χ2n) is 2.80. The average molecular weight is 242 g/mol. The number of carbonyl (C=O) groups excluding carboxylic acids is 1. The van der Waals surface area contributed by atoms with Crippen LogP contribution in [0.25, 0.3) is 0 Å². The van der Waals surface area contributed by atoms with Gasteiger partial charge in [0.05, 0.1) is 6.42 Å². The summed E-state index contributed by atoms with van der Waals surface area (Å²) >= 11 is 3.17. The van der Waals surface area contributed by atoms with Gasteiger partial charge in [0.15, 0.2) is 0 Å². The van der Waals surface area contributed by atoms with Crippen molar-refractivity contribution in [2.75, 3.05) is 10.8 Å². The predicted molar refractivity (Wildman–Crippen MR) is 53.2 cm³/mol. The number of ether oxygens (including phenoxy) is 1. The summed E-state index contributed by atoms with van der Waals surface area (Å²) < 4.78 is 5.23. The van der Waals surface area contributed by atoms with Gasteiger partial charge in [-0.05, 0) is 27.6 Å². The fourth-order valence-corrected chi connectivity index (χ4v) is 1.61. The van der Waals surface area contributed by atoms with Crippen molar-refractivity contribution in [3.05, 3.63) is 23.8 Å². The quantitative estimate of drug-likeness (QED) is 0.804. The van der Waals surface area contributed by atoms with E-state index in [4.69, 9.17) is 4.74 Å². The summed E-state index contributed by atoms with van der Waals surface area (Å²) in [5.74, 6) is 0.809. The summed E-state index contributed by atoms with van der Waals surface area (Å²) in [5.41, 5.74) is 2.36. The molecule has 4 heteroatoms. The number of rotatable bonds is 2. The van der Waals surface area contributed by atoms with Crippen LogP contribution in [-0.2, 0) is 11.2 Å². The topological polar surface area (TPSA) is 38.3 Å². The summed E-state index contributed by atoms with van der Waals surface area (Å²) in [5, 5.41) is 2.76. The fraction of sp³-hybridized carbons (Fsp3) is 0.222. The van der Waals surface area contributed by atoms with Crippen LogP contribution >= 0.6 is 15.9 Å². The highest BCUT2D eigenvalue weighted by Gasteiger charge is 2.17. The van der Waals surface area contributed by atoms with Crippen molar-refractivity contribution < 1.29 is 9.53 Å². The molecule has 0 aliphatic carbocycles. The Bertz CT molecular complexity index is 351. The number of amides is 1. The van der Waals surface area contributed by atoms with Crippen molar-refractivity contribution in [2.45, 2.75) is 6.42 Å². The molecule has 0 saturated heterocycles. The van der Waals surface area contributed by atoms with Crippen molar-refractivity contribution in [3.63, 3.8) is 0 Å². The molecule has 0 spiro atoms. The lowest BCUT2D eigenvalue weighted by atomic mass is 10.1. The first kappa shape index (κ1) is 8.56. The van der Waals surface area contributed by atoms with Crippen molar-refractivity contribution in [3.8, 4) is 5.75 Å². The van der Waals surface area contributed by atoms with E-state index in [1.54, 1.807) is 0 Å². The molecule has 1 aliphatic heterocycles. The van der Waals surface area contributed by atoms with Gasteiger partial charge in [-0.2, -0.15) is 0 Å². The van der Waals surface area contributed by atoms with Crippen LogP contribution in [0.15, 0.2) is 18.2 Å². The zero-order chi connectivity index (χ0) is 9.26. The van der Waals surface area contributed by atoms with Crippen LogP contribution in [0.4, 0.5) is 5.69 Å². The number of benzene rings is 1. The van der Waals surface area contributed by atoms with E-state index >= 15 is 0 Å². The number of carbonyl (C=O) groups is 1. The molecule has 0 aromatic heterocycles. The van der Waals surface area contributed by atoms with Crippen LogP contribution in [0.3, 0.4) is 0 Å². The molecule has 1 heterocycles. The Morgan fingerprint density at radius 2 is 2.38 bits per heavy atom. The van der Waals surface area contributed by atoms with Gasteiger partial charge in [-0.25, -0.2) is 0 Å². The molecule has 1 aromatic carbocycles. The van der Waals surface area contributed by atoms with Crippen molar-refractivity contribution in [1.29, 1.82) is 0 Å². The number of fused-ring (bicyclic) bond motifs is 1. The lowest BCUT2D eigenvalue weighted by Crippen LogP contribution is -2.03. The first-order chi connectivity index (χ1) is 6.29. The number of halogens is 1. The van der Waals surface area contributed by atoms with E-state index in [1.165, 1.54) is 0 Å². The second-order valence-corrected chi connectivity index (χ2v) is 3.26. The van der Waals surface area contributed by atoms with Gasteiger partial charge in [0.25, 0.3) is 0 Å². The lowest BCUT2D eigenvalue weighted by molar-refractivity contribution is -0.115. The SMILES string of the molecule is O=C1Cc2ccc(OCBr)cc2N1. The minimum Gasteiger partial charge on any atom is -0.482 e. The minimum absolute atomic E-state index is 0.0472. The highest BCUT2D eigenvalue weighted by Crippen LogP contribution is 2.27. The number of anilines is 1. The van der Waals surface area contributed by atoms with Crippen LogP contribution in [-0.4, -0.2) is 11.4 Å². The molecular weight excluding hydrogens is 234 g/mol. The molecule has 0 fully saturated rings. The van der Waals surface area contributed by atoms with Gasteiger partial charge in [-0.1, -0.05) is 6.07 Å². The van der Waals surface area contributed by atoms with Gasteiger partial charge in [-0.3, -0.25) is 4.79 Å². The van der Waals surface area contributed by atoms with Crippen molar-refractivity contribution >= 4 is 27.5 Å². The molecule has 1 amide bonds. The molecule has 0 radical (unpaired) electrons. The number of nitrogens with one attached hydrogen (secondary N) is 1. The molecule has 68 valence electrons. The predicted octanol–water partition coefficient (Wildman–Crippen LogP) is 1.91. The van der Waals surface area contributed by atoms with Crippen LogP contribution in [0.5, 0.6) is 5.75 Å². The van der Waals surface area contributed by atoms with E-state index in [0.717, 1.165) is 17.0 Å². The molecule has 2 rings (SSSR count). The Balaban J connectivity index is 2.29. The van der Waals surface area contributed by atoms with E-state index in [0.29, 0.717) is 11.9 Å². The van der Waals surface area contributed by atoms with Crippen LogP contribution in [0.1, 0.15) is 5.56 Å². The molecule has 0 atom stereocenters. The van der Waals surface area contributed by atoms with Gasteiger partial charge >= 0.3 is 0 Å². The van der Waals surface area contributed by atoms with Gasteiger partial charge < -0.3 is 10.1 Å². The molecular formula is C9H8BrNO2. The zero-order valence-corrected chi connectivity index (χ0v) is 8.43. The van der Waals surface area contributed by atoms with E-state index in [1.807, 2.05) is 18.2 Å². The summed E-state index contributed by atoms with van der Waals surface area (Å²) in [4.78, 5) is 11.0. The first-order valence-electron chi connectivity index (χ1n) is 3.91. The summed E-state index contributed by atoms with van der Waals surface area (Å²) in [6.45, 7) is 0. The monoisotopic (exact) mass is 241 g/mol. The summed E-state index contributed by atoms with van der Waals surface area (Å²) in [6, 6.07) is 5.60. The zero-order valence-electron chi connectivity index (χ0n) is 6.84. The van der Waals surface area contributed by atoms with Gasteiger partial charge in [0.1, 0.15) is 11.3 Å². The highest BCUT2D eigenvalue weighted by atomic mass is 79.9. The number of hydrogen-bond donors (Lipinski definition) is 1. The molecule has 13 heavy (non-hydrogen) atoms. The van der Waals surface area contributed by atoms with E-state index in [-0.39, 0.29) is 5.91 Å². The molecule has 1 N–H and O–H groups in total. The molecule has 1 aromatic rings. The third-order valence-electron chi connectivity index (χ3n) is 1.93. The molecule has 0 unspecified atom stereocenters. The minimum atomic E-state index is 0.0472. The summed E-state index contributed by atoms with van der Waals surface area (Å²) in [7, 11) is 0. The third-order valence-corrected chi connectivity index (χ3v) is 2.16. The smallest absolute Gasteiger partial charge is 0.228 e. The maximum Gasteiger partial charge on any atom is 0.228 e. The van der Waals surface area contributed by atoms with Crippen molar-refractivity contribution in [1.82, 2.24) is 0 Å². The van der Waals surface area contributed by atoms with Gasteiger partial charge in [-0.15, -0.1) is 0 Å². The second kappa shape index (κ2) is 3.38. The van der Waals surface area contributed by atoms with Crippen LogP contribution < -0.4 is 10.1 Å².